The highest BCUT2D eigenvalue weighted by atomic mass is 32.2. The standard InChI is InChI=1S/C33H31N3O3S2/c1-3-39-33(38)30-24-11-7-8-12-28(24)41-32(30)36-29(37)17-18-40-31-26(20-34)25(22-15-13-21(2)14-16-22)19-27(35-31)23-9-5-4-6-10-23/h4-6,9-10,13-16,19H,3,7-8,11-12,17-18H2,1-2H3,(H,36,37). The number of thioether (sulfide) groups is 1. The van der Waals surface area contributed by atoms with Gasteiger partial charge >= 0.3 is 5.97 Å². The van der Waals surface area contributed by atoms with Crippen LogP contribution in [0.5, 0.6) is 0 Å². The molecule has 2 aromatic heterocycles. The third-order valence-electron chi connectivity index (χ3n) is 7.00. The molecule has 0 atom stereocenters. The number of carbonyl (C=O) groups excluding carboxylic acids is 2. The van der Waals surface area contributed by atoms with Gasteiger partial charge in [0.1, 0.15) is 16.1 Å². The van der Waals surface area contributed by atoms with E-state index in [0.29, 0.717) is 26.9 Å². The normalized spacial score (nSPS) is 12.3. The molecule has 41 heavy (non-hydrogen) atoms. The zero-order valence-electron chi connectivity index (χ0n) is 23.2. The van der Waals surface area contributed by atoms with Gasteiger partial charge in [-0.15, -0.1) is 23.1 Å². The second kappa shape index (κ2) is 13.2. The van der Waals surface area contributed by atoms with E-state index >= 15 is 0 Å². The number of nitrogens with one attached hydrogen (secondary N) is 1. The van der Waals surface area contributed by atoms with E-state index in [0.717, 1.165) is 64.1 Å². The molecule has 2 heterocycles. The summed E-state index contributed by atoms with van der Waals surface area (Å²) in [4.78, 5) is 31.8. The maximum Gasteiger partial charge on any atom is 0.341 e. The minimum Gasteiger partial charge on any atom is -0.462 e. The molecule has 1 N–H and O–H groups in total. The summed E-state index contributed by atoms with van der Waals surface area (Å²) in [6.45, 7) is 4.10. The molecule has 0 spiro atoms. The fourth-order valence-corrected chi connectivity index (χ4v) is 7.19. The van der Waals surface area contributed by atoms with Crippen molar-refractivity contribution in [3.8, 4) is 28.5 Å². The molecule has 0 saturated heterocycles. The van der Waals surface area contributed by atoms with Gasteiger partial charge in [0.05, 0.1) is 23.4 Å². The van der Waals surface area contributed by atoms with Gasteiger partial charge in [-0.25, -0.2) is 9.78 Å². The molecule has 0 bridgehead atoms. The van der Waals surface area contributed by atoms with Crippen LogP contribution in [0, 0.1) is 18.3 Å². The Morgan fingerprint density at radius 3 is 2.56 bits per heavy atom. The number of nitriles is 1. The van der Waals surface area contributed by atoms with Crippen molar-refractivity contribution in [1.82, 2.24) is 4.98 Å². The van der Waals surface area contributed by atoms with Crippen LogP contribution in [0.15, 0.2) is 65.7 Å². The van der Waals surface area contributed by atoms with E-state index < -0.39 is 0 Å². The largest absolute Gasteiger partial charge is 0.462 e. The van der Waals surface area contributed by atoms with Crippen molar-refractivity contribution >= 4 is 40.0 Å². The first-order chi connectivity index (χ1) is 20.0. The fourth-order valence-electron chi connectivity index (χ4n) is 4.95. The summed E-state index contributed by atoms with van der Waals surface area (Å²) in [6, 6.07) is 22.3. The number of pyridine rings is 1. The van der Waals surface area contributed by atoms with Gasteiger partial charge in [-0.05, 0) is 56.7 Å². The Hall–Kier alpha value is -3.93. The number of anilines is 1. The number of hydrogen-bond donors (Lipinski definition) is 1. The average molecular weight is 582 g/mol. The third-order valence-corrected chi connectivity index (χ3v) is 9.19. The Balaban J connectivity index is 1.37. The Labute approximate surface area is 248 Å². The molecule has 0 saturated carbocycles. The summed E-state index contributed by atoms with van der Waals surface area (Å²) in [5.41, 5.74) is 6.66. The highest BCUT2D eigenvalue weighted by Crippen LogP contribution is 2.39. The minimum atomic E-state index is -0.374. The second-order valence-electron chi connectivity index (χ2n) is 9.86. The first-order valence-corrected chi connectivity index (χ1v) is 15.6. The SMILES string of the molecule is CCOC(=O)c1c(NC(=O)CCSc2nc(-c3ccccc3)cc(-c3ccc(C)cc3)c2C#N)sc2c1CCCC2. The number of rotatable bonds is 9. The molecule has 4 aromatic rings. The molecule has 1 aliphatic carbocycles. The van der Waals surface area contributed by atoms with Gasteiger partial charge in [0.2, 0.25) is 5.91 Å². The minimum absolute atomic E-state index is 0.182. The molecule has 0 radical (unpaired) electrons. The number of nitrogens with zero attached hydrogens (tertiary/aromatic N) is 2. The molecule has 1 amide bonds. The van der Waals surface area contributed by atoms with Crippen molar-refractivity contribution < 1.29 is 14.3 Å². The Morgan fingerprint density at radius 1 is 1.07 bits per heavy atom. The lowest BCUT2D eigenvalue weighted by molar-refractivity contribution is -0.115. The molecule has 8 heteroatoms. The van der Waals surface area contributed by atoms with E-state index in [4.69, 9.17) is 9.72 Å². The van der Waals surface area contributed by atoms with Crippen LogP contribution in [0.1, 0.15) is 58.1 Å². The maximum absolute atomic E-state index is 13.1. The second-order valence-corrected chi connectivity index (χ2v) is 12.0. The van der Waals surface area contributed by atoms with Crippen molar-refractivity contribution in [3.05, 3.63) is 87.8 Å². The Morgan fingerprint density at radius 2 is 1.83 bits per heavy atom. The van der Waals surface area contributed by atoms with Crippen LogP contribution in [0.2, 0.25) is 0 Å². The van der Waals surface area contributed by atoms with Gasteiger partial charge in [-0.1, -0.05) is 60.2 Å². The molecule has 0 fully saturated rings. The number of aryl methyl sites for hydroxylation is 2. The summed E-state index contributed by atoms with van der Waals surface area (Å²) in [5.74, 6) is -0.127. The van der Waals surface area contributed by atoms with Crippen LogP contribution < -0.4 is 5.32 Å². The van der Waals surface area contributed by atoms with Crippen LogP contribution in [0.4, 0.5) is 5.00 Å². The van der Waals surface area contributed by atoms with E-state index in [-0.39, 0.29) is 24.9 Å². The van der Waals surface area contributed by atoms with Crippen molar-refractivity contribution in [2.24, 2.45) is 0 Å². The zero-order chi connectivity index (χ0) is 28.8. The van der Waals surface area contributed by atoms with E-state index in [1.807, 2.05) is 67.6 Å². The molecule has 2 aromatic carbocycles. The van der Waals surface area contributed by atoms with Gasteiger partial charge in [0.15, 0.2) is 0 Å². The van der Waals surface area contributed by atoms with E-state index in [9.17, 15) is 14.9 Å². The lowest BCUT2D eigenvalue weighted by atomic mass is 9.95. The summed E-state index contributed by atoms with van der Waals surface area (Å²) in [5, 5.41) is 14.3. The molecule has 6 nitrogen and oxygen atoms in total. The van der Waals surface area contributed by atoms with Crippen molar-refractivity contribution in [3.63, 3.8) is 0 Å². The lowest BCUT2D eigenvalue weighted by Gasteiger charge is -2.13. The number of fused-ring (bicyclic) bond motifs is 1. The van der Waals surface area contributed by atoms with Crippen LogP contribution in [-0.4, -0.2) is 29.2 Å². The number of amides is 1. The Bertz CT molecular complexity index is 1610. The van der Waals surface area contributed by atoms with Crippen molar-refractivity contribution in [2.75, 3.05) is 17.7 Å². The summed E-state index contributed by atoms with van der Waals surface area (Å²) >= 11 is 2.88. The number of benzene rings is 2. The predicted molar refractivity (Wildman–Crippen MR) is 165 cm³/mol. The smallest absolute Gasteiger partial charge is 0.341 e. The average Bonchev–Trinajstić information content (AvgIpc) is 3.35. The molecule has 0 aliphatic heterocycles. The quantitative estimate of drug-likeness (QED) is 0.160. The molecule has 5 rings (SSSR count). The Kier molecular flexibility index (Phi) is 9.17. The first kappa shape index (κ1) is 28.6. The number of ether oxygens (including phenoxy) is 1. The fraction of sp³-hybridized carbons (Fsp3) is 0.273. The van der Waals surface area contributed by atoms with Crippen LogP contribution in [-0.2, 0) is 22.4 Å². The molecular weight excluding hydrogens is 551 g/mol. The third kappa shape index (κ3) is 6.53. The van der Waals surface area contributed by atoms with Crippen molar-refractivity contribution in [2.45, 2.75) is 51.0 Å². The predicted octanol–water partition coefficient (Wildman–Crippen LogP) is 7.83. The van der Waals surface area contributed by atoms with E-state index in [1.54, 1.807) is 6.92 Å². The number of thiophene rings is 1. The highest BCUT2D eigenvalue weighted by molar-refractivity contribution is 7.99. The zero-order valence-corrected chi connectivity index (χ0v) is 24.8. The highest BCUT2D eigenvalue weighted by Gasteiger charge is 2.27. The van der Waals surface area contributed by atoms with Gasteiger partial charge < -0.3 is 10.1 Å². The summed E-state index contributed by atoms with van der Waals surface area (Å²) < 4.78 is 5.31. The van der Waals surface area contributed by atoms with Crippen LogP contribution >= 0.6 is 23.1 Å². The molecular formula is C33H31N3O3S2. The number of esters is 1. The van der Waals surface area contributed by atoms with Gasteiger partial charge in [-0.3, -0.25) is 4.79 Å². The van der Waals surface area contributed by atoms with Crippen molar-refractivity contribution in [1.29, 1.82) is 5.26 Å². The molecule has 208 valence electrons. The van der Waals surface area contributed by atoms with Crippen LogP contribution in [0.25, 0.3) is 22.4 Å². The molecule has 1 aliphatic rings. The molecule has 0 unspecified atom stereocenters. The number of hydrogen-bond acceptors (Lipinski definition) is 7. The van der Waals surface area contributed by atoms with Gasteiger partial charge in [-0.2, -0.15) is 5.26 Å². The van der Waals surface area contributed by atoms with E-state index in [2.05, 4.69) is 11.4 Å². The maximum atomic E-state index is 13.1. The monoisotopic (exact) mass is 581 g/mol. The first-order valence-electron chi connectivity index (χ1n) is 13.8. The van der Waals surface area contributed by atoms with Gasteiger partial charge in [0.25, 0.3) is 0 Å². The summed E-state index contributed by atoms with van der Waals surface area (Å²) in [6.07, 6.45) is 4.07. The summed E-state index contributed by atoms with van der Waals surface area (Å²) in [7, 11) is 0. The number of carbonyl (C=O) groups is 2. The number of aromatic nitrogens is 1. The van der Waals surface area contributed by atoms with E-state index in [1.165, 1.54) is 23.1 Å². The topological polar surface area (TPSA) is 92.1 Å². The van der Waals surface area contributed by atoms with Gasteiger partial charge in [0, 0.05) is 28.2 Å². The van der Waals surface area contributed by atoms with Crippen LogP contribution in [0.3, 0.4) is 0 Å². The lowest BCUT2D eigenvalue weighted by Crippen LogP contribution is -2.16.